The summed E-state index contributed by atoms with van der Waals surface area (Å²) in [7, 11) is 0. The van der Waals surface area contributed by atoms with Gasteiger partial charge < -0.3 is 5.32 Å². The van der Waals surface area contributed by atoms with Crippen molar-refractivity contribution >= 4 is 17.2 Å². The van der Waals surface area contributed by atoms with E-state index in [0.29, 0.717) is 0 Å². The minimum absolute atomic E-state index is 0.107. The number of aromatic nitrogens is 2. The SMILES string of the molecule is Cc1cccc(NC(C)c2nc(C(C)(C)C)cs2)n1. The summed E-state index contributed by atoms with van der Waals surface area (Å²) in [6.07, 6.45) is 0. The summed E-state index contributed by atoms with van der Waals surface area (Å²) in [4.78, 5) is 9.19. The van der Waals surface area contributed by atoms with Crippen molar-refractivity contribution in [2.45, 2.75) is 46.1 Å². The summed E-state index contributed by atoms with van der Waals surface area (Å²) < 4.78 is 0. The zero-order chi connectivity index (χ0) is 14.0. The highest BCUT2D eigenvalue weighted by molar-refractivity contribution is 7.09. The molecule has 0 saturated carbocycles. The number of anilines is 1. The molecular weight excluding hydrogens is 254 g/mol. The molecule has 2 aromatic rings. The molecule has 4 heteroatoms. The summed E-state index contributed by atoms with van der Waals surface area (Å²) >= 11 is 1.71. The molecule has 2 rings (SSSR count). The van der Waals surface area contributed by atoms with E-state index in [4.69, 9.17) is 4.98 Å². The molecule has 0 saturated heterocycles. The lowest BCUT2D eigenvalue weighted by atomic mass is 9.93. The third-order valence-corrected chi connectivity index (χ3v) is 3.94. The highest BCUT2D eigenvalue weighted by atomic mass is 32.1. The fourth-order valence-electron chi connectivity index (χ4n) is 1.74. The molecule has 3 nitrogen and oxygen atoms in total. The number of thiazole rings is 1. The van der Waals surface area contributed by atoms with E-state index in [1.54, 1.807) is 11.3 Å². The topological polar surface area (TPSA) is 37.8 Å². The fourth-order valence-corrected chi connectivity index (χ4v) is 2.79. The third-order valence-electron chi connectivity index (χ3n) is 2.91. The third kappa shape index (κ3) is 3.53. The van der Waals surface area contributed by atoms with Gasteiger partial charge in [0.25, 0.3) is 0 Å². The van der Waals surface area contributed by atoms with Gasteiger partial charge in [-0.3, -0.25) is 0 Å². The smallest absolute Gasteiger partial charge is 0.126 e. The summed E-state index contributed by atoms with van der Waals surface area (Å²) in [5.41, 5.74) is 2.28. The van der Waals surface area contributed by atoms with E-state index in [9.17, 15) is 0 Å². The lowest BCUT2D eigenvalue weighted by Gasteiger charge is -2.15. The maximum Gasteiger partial charge on any atom is 0.126 e. The second kappa shape index (κ2) is 5.29. The molecule has 102 valence electrons. The van der Waals surface area contributed by atoms with E-state index in [0.717, 1.165) is 22.2 Å². The van der Waals surface area contributed by atoms with Gasteiger partial charge >= 0.3 is 0 Å². The monoisotopic (exact) mass is 275 g/mol. The van der Waals surface area contributed by atoms with Crippen molar-refractivity contribution in [3.63, 3.8) is 0 Å². The minimum atomic E-state index is 0.107. The summed E-state index contributed by atoms with van der Waals surface area (Å²) in [6.45, 7) is 10.7. The standard InChI is InChI=1S/C15H21N3S/c1-10-7-6-8-13(16-10)17-11(2)14-18-12(9-19-14)15(3,4)5/h6-9,11H,1-5H3,(H,16,17). The molecule has 1 unspecified atom stereocenters. The number of nitrogens with one attached hydrogen (secondary N) is 1. The Morgan fingerprint density at radius 3 is 2.53 bits per heavy atom. The first kappa shape index (κ1) is 14.0. The molecule has 0 bridgehead atoms. The van der Waals surface area contributed by atoms with Gasteiger partial charge in [-0.1, -0.05) is 26.8 Å². The lowest BCUT2D eigenvalue weighted by Crippen LogP contribution is -2.13. The van der Waals surface area contributed by atoms with Crippen LogP contribution >= 0.6 is 11.3 Å². The van der Waals surface area contributed by atoms with Gasteiger partial charge in [0.15, 0.2) is 0 Å². The van der Waals surface area contributed by atoms with Crippen LogP contribution in [0.1, 0.15) is 50.1 Å². The number of aryl methyl sites for hydroxylation is 1. The fraction of sp³-hybridized carbons (Fsp3) is 0.467. The normalized spacial score (nSPS) is 13.3. The van der Waals surface area contributed by atoms with Crippen LogP contribution in [0.2, 0.25) is 0 Å². The second-order valence-corrected chi connectivity index (χ2v) is 6.74. The quantitative estimate of drug-likeness (QED) is 0.906. The van der Waals surface area contributed by atoms with Crippen LogP contribution in [0, 0.1) is 6.92 Å². The molecular formula is C15H21N3S. The predicted octanol–water partition coefficient (Wildman–Crippen LogP) is 4.32. The molecule has 0 spiro atoms. The van der Waals surface area contributed by atoms with Crippen molar-refractivity contribution in [1.82, 2.24) is 9.97 Å². The van der Waals surface area contributed by atoms with E-state index in [2.05, 4.69) is 43.4 Å². The first-order valence-electron chi connectivity index (χ1n) is 6.52. The van der Waals surface area contributed by atoms with Gasteiger partial charge in [-0.15, -0.1) is 11.3 Å². The summed E-state index contributed by atoms with van der Waals surface area (Å²) in [5, 5.41) is 6.66. The predicted molar refractivity (Wildman–Crippen MR) is 81.8 cm³/mol. The molecule has 0 amide bonds. The van der Waals surface area contributed by atoms with Crippen LogP contribution in [-0.4, -0.2) is 9.97 Å². The molecule has 0 aliphatic rings. The Balaban J connectivity index is 2.12. The minimum Gasteiger partial charge on any atom is -0.361 e. The van der Waals surface area contributed by atoms with E-state index < -0.39 is 0 Å². The Bertz CT molecular complexity index is 555. The Kier molecular flexibility index (Phi) is 3.90. The maximum absolute atomic E-state index is 4.73. The highest BCUT2D eigenvalue weighted by Gasteiger charge is 2.19. The molecule has 0 aliphatic carbocycles. The Morgan fingerprint density at radius 1 is 1.21 bits per heavy atom. The van der Waals surface area contributed by atoms with Gasteiger partial charge in [0.1, 0.15) is 10.8 Å². The van der Waals surface area contributed by atoms with E-state index in [1.807, 2.05) is 25.1 Å². The Morgan fingerprint density at radius 2 is 1.95 bits per heavy atom. The van der Waals surface area contributed by atoms with E-state index in [1.165, 1.54) is 0 Å². The largest absolute Gasteiger partial charge is 0.361 e. The van der Waals surface area contributed by atoms with Gasteiger partial charge in [-0.05, 0) is 26.0 Å². The Labute approximate surface area is 119 Å². The van der Waals surface area contributed by atoms with Crippen LogP contribution in [0.25, 0.3) is 0 Å². The van der Waals surface area contributed by atoms with Gasteiger partial charge in [-0.25, -0.2) is 9.97 Å². The summed E-state index contributed by atoms with van der Waals surface area (Å²) in [6, 6.07) is 6.17. The Hall–Kier alpha value is -1.42. The zero-order valence-corrected chi connectivity index (χ0v) is 13.0. The number of hydrogen-bond acceptors (Lipinski definition) is 4. The summed E-state index contributed by atoms with van der Waals surface area (Å²) in [5.74, 6) is 0.903. The number of nitrogens with zero attached hydrogens (tertiary/aromatic N) is 2. The van der Waals surface area contributed by atoms with Crippen LogP contribution in [0.5, 0.6) is 0 Å². The molecule has 0 aromatic carbocycles. The van der Waals surface area contributed by atoms with Gasteiger partial charge in [0.2, 0.25) is 0 Å². The molecule has 0 fully saturated rings. The van der Waals surface area contributed by atoms with Crippen molar-refractivity contribution in [1.29, 1.82) is 0 Å². The molecule has 2 aromatic heterocycles. The number of hydrogen-bond donors (Lipinski definition) is 1. The zero-order valence-electron chi connectivity index (χ0n) is 12.2. The average molecular weight is 275 g/mol. The lowest BCUT2D eigenvalue weighted by molar-refractivity contribution is 0.569. The van der Waals surface area contributed by atoms with Crippen molar-refractivity contribution in [2.75, 3.05) is 5.32 Å². The van der Waals surface area contributed by atoms with Crippen LogP contribution in [0.15, 0.2) is 23.6 Å². The van der Waals surface area contributed by atoms with Gasteiger partial charge in [0.05, 0.1) is 11.7 Å². The average Bonchev–Trinajstić information content (AvgIpc) is 2.77. The molecule has 1 N–H and O–H groups in total. The number of rotatable bonds is 3. The first-order chi connectivity index (χ1) is 8.86. The van der Waals surface area contributed by atoms with Gasteiger partial charge in [-0.2, -0.15) is 0 Å². The molecule has 19 heavy (non-hydrogen) atoms. The van der Waals surface area contributed by atoms with Crippen LogP contribution < -0.4 is 5.32 Å². The molecule has 1 atom stereocenters. The molecule has 0 aliphatic heterocycles. The van der Waals surface area contributed by atoms with Crippen LogP contribution in [0.3, 0.4) is 0 Å². The first-order valence-corrected chi connectivity index (χ1v) is 7.40. The van der Waals surface area contributed by atoms with Crippen LogP contribution in [-0.2, 0) is 5.41 Å². The van der Waals surface area contributed by atoms with E-state index in [-0.39, 0.29) is 11.5 Å². The van der Waals surface area contributed by atoms with E-state index >= 15 is 0 Å². The van der Waals surface area contributed by atoms with Crippen molar-refractivity contribution < 1.29 is 0 Å². The van der Waals surface area contributed by atoms with Crippen molar-refractivity contribution in [2.24, 2.45) is 0 Å². The molecule has 0 radical (unpaired) electrons. The second-order valence-electron chi connectivity index (χ2n) is 5.85. The van der Waals surface area contributed by atoms with Crippen LogP contribution in [0.4, 0.5) is 5.82 Å². The van der Waals surface area contributed by atoms with Crippen molar-refractivity contribution in [3.8, 4) is 0 Å². The van der Waals surface area contributed by atoms with Crippen molar-refractivity contribution in [3.05, 3.63) is 40.0 Å². The number of pyridine rings is 1. The maximum atomic E-state index is 4.73. The highest BCUT2D eigenvalue weighted by Crippen LogP contribution is 2.28. The molecule has 2 heterocycles. The van der Waals surface area contributed by atoms with Gasteiger partial charge in [0, 0.05) is 16.5 Å².